The average molecular weight is 135 g/mol. The third kappa shape index (κ3) is 1.25. The van der Waals surface area contributed by atoms with Crippen LogP contribution in [0.15, 0.2) is 12.3 Å². The molecule has 0 radical (unpaired) electrons. The largest absolute Gasteiger partial charge is 0.527 e. The lowest BCUT2D eigenvalue weighted by Gasteiger charge is -2.09. The molecule has 0 saturated heterocycles. The Balaban J connectivity index is 2.90. The second-order valence-electron chi connectivity index (χ2n) is 1.59. The number of H-pyrrole nitrogens is 1. The summed E-state index contributed by atoms with van der Waals surface area (Å²) >= 11 is 0. The van der Waals surface area contributed by atoms with Gasteiger partial charge in [0, 0.05) is 6.20 Å². The molecule has 0 saturated carbocycles. The summed E-state index contributed by atoms with van der Waals surface area (Å²) in [6.07, 6.45) is 1.07. The van der Waals surface area contributed by atoms with Crippen molar-refractivity contribution in [2.24, 2.45) is 0 Å². The number of rotatable bonds is 1. The predicted octanol–water partition coefficient (Wildman–Crippen LogP) is 0.464. The van der Waals surface area contributed by atoms with E-state index in [1.807, 2.05) is 5.10 Å². The fraction of sp³-hybridized carbons (Fsp3) is 0. The molecule has 0 atom stereocenters. The van der Waals surface area contributed by atoms with Gasteiger partial charge in [0.15, 0.2) is 0 Å². The smallest absolute Gasteiger partial charge is 0.444 e. The van der Waals surface area contributed by atoms with E-state index >= 15 is 0 Å². The van der Waals surface area contributed by atoms with Gasteiger partial charge in [0.1, 0.15) is 0 Å². The molecule has 1 aromatic heterocycles. The zero-order valence-electron chi connectivity index (χ0n) is 4.31. The van der Waals surface area contributed by atoms with Gasteiger partial charge in [0.25, 0.3) is 0 Å². The van der Waals surface area contributed by atoms with E-state index in [2.05, 4.69) is 5.10 Å². The van der Waals surface area contributed by atoms with Crippen LogP contribution < -0.4 is 5.59 Å². The van der Waals surface area contributed by atoms with E-state index in [0.717, 1.165) is 12.3 Å². The van der Waals surface area contributed by atoms with Crippen LogP contribution >= 0.6 is 0 Å². The number of nitrogens with zero attached hydrogens (tertiary/aromatic N) is 1. The molecule has 0 aliphatic heterocycles. The maximum absolute atomic E-state index is 11.6. The van der Waals surface area contributed by atoms with E-state index in [1.165, 1.54) is 0 Å². The van der Waals surface area contributed by atoms with Gasteiger partial charge >= 0.3 is 6.98 Å². The minimum Gasteiger partial charge on any atom is -0.444 e. The van der Waals surface area contributed by atoms with Gasteiger partial charge < -0.3 is 18.0 Å². The highest BCUT2D eigenvalue weighted by atomic mass is 19.4. The summed E-state index contributed by atoms with van der Waals surface area (Å²) in [5, 5.41) is 4.99. The molecule has 0 aliphatic carbocycles. The molecular formula is C3H3BF3N2-. The van der Waals surface area contributed by atoms with E-state index in [4.69, 9.17) is 0 Å². The van der Waals surface area contributed by atoms with Crippen molar-refractivity contribution in [1.29, 1.82) is 0 Å². The normalized spacial score (nSPS) is 11.9. The average Bonchev–Trinajstić information content (AvgIpc) is 2.08. The SMILES string of the molecule is F[B-](F)(F)c1ccn[nH]1. The number of halogens is 3. The van der Waals surface area contributed by atoms with Crippen LogP contribution in [0.1, 0.15) is 0 Å². The maximum Gasteiger partial charge on any atom is 0.527 e. The van der Waals surface area contributed by atoms with Crippen molar-refractivity contribution < 1.29 is 12.9 Å². The van der Waals surface area contributed by atoms with Gasteiger partial charge in [0.2, 0.25) is 0 Å². The first-order valence-electron chi connectivity index (χ1n) is 2.30. The third-order valence-corrected chi connectivity index (χ3v) is 0.875. The van der Waals surface area contributed by atoms with Gasteiger partial charge in [-0.15, -0.1) is 0 Å². The summed E-state index contributed by atoms with van der Waals surface area (Å²) in [5.41, 5.74) is -0.755. The molecule has 2 nitrogen and oxygen atoms in total. The number of hydrogen-bond donors (Lipinski definition) is 1. The summed E-state index contributed by atoms with van der Waals surface area (Å²) in [6, 6.07) is 0.903. The molecule has 0 amide bonds. The Morgan fingerprint density at radius 3 is 2.33 bits per heavy atom. The Kier molecular flexibility index (Phi) is 1.23. The van der Waals surface area contributed by atoms with Crippen molar-refractivity contribution in [3.8, 4) is 0 Å². The van der Waals surface area contributed by atoms with Crippen molar-refractivity contribution in [2.75, 3.05) is 0 Å². The van der Waals surface area contributed by atoms with Crippen LogP contribution in [-0.2, 0) is 0 Å². The molecule has 0 fully saturated rings. The molecule has 0 spiro atoms. The summed E-state index contributed by atoms with van der Waals surface area (Å²) in [4.78, 5) is 0. The van der Waals surface area contributed by atoms with Crippen molar-refractivity contribution in [2.45, 2.75) is 0 Å². The molecule has 6 heteroatoms. The van der Waals surface area contributed by atoms with Gasteiger partial charge in [0.05, 0.1) is 0 Å². The Morgan fingerprint density at radius 2 is 2.11 bits per heavy atom. The van der Waals surface area contributed by atoms with Crippen LogP contribution in [0, 0.1) is 0 Å². The highest BCUT2D eigenvalue weighted by molar-refractivity contribution is 6.72. The first-order chi connectivity index (χ1) is 4.11. The van der Waals surface area contributed by atoms with Crippen molar-refractivity contribution >= 4 is 12.6 Å². The van der Waals surface area contributed by atoms with Gasteiger partial charge in [-0.25, -0.2) is 0 Å². The standard InChI is InChI=1S/C3H3BF3N2/c5-4(6,7)3-1-2-8-9-3/h1-2H,(H,8,9)/q-1. The molecule has 0 bridgehead atoms. The summed E-state index contributed by atoms with van der Waals surface area (Å²) in [6.45, 7) is -4.88. The van der Waals surface area contributed by atoms with Crippen LogP contribution in [-0.4, -0.2) is 17.2 Å². The minimum atomic E-state index is -4.88. The lowest BCUT2D eigenvalue weighted by molar-refractivity contribution is 0.498. The molecule has 1 rings (SSSR count). The van der Waals surface area contributed by atoms with Crippen LogP contribution in [0.4, 0.5) is 12.9 Å². The topological polar surface area (TPSA) is 28.7 Å². The molecule has 0 aromatic carbocycles. The van der Waals surface area contributed by atoms with Gasteiger partial charge in [-0.2, -0.15) is 5.10 Å². The summed E-state index contributed by atoms with van der Waals surface area (Å²) in [5.74, 6) is 0. The molecular weight excluding hydrogens is 132 g/mol. The Bertz CT molecular complexity index is 179. The second kappa shape index (κ2) is 1.79. The van der Waals surface area contributed by atoms with Crippen molar-refractivity contribution in [3.05, 3.63) is 12.3 Å². The third-order valence-electron chi connectivity index (χ3n) is 0.875. The highest BCUT2D eigenvalue weighted by Gasteiger charge is 2.26. The number of nitrogens with one attached hydrogen (secondary N) is 1. The van der Waals surface area contributed by atoms with E-state index < -0.39 is 12.6 Å². The molecule has 1 heterocycles. The van der Waals surface area contributed by atoms with E-state index in [1.54, 1.807) is 0 Å². The molecule has 1 aromatic rings. The van der Waals surface area contributed by atoms with Crippen LogP contribution in [0.2, 0.25) is 0 Å². The molecule has 9 heavy (non-hydrogen) atoms. The first-order valence-corrected chi connectivity index (χ1v) is 2.30. The molecule has 0 aliphatic rings. The van der Waals surface area contributed by atoms with Crippen molar-refractivity contribution in [3.63, 3.8) is 0 Å². The van der Waals surface area contributed by atoms with Crippen LogP contribution in [0.5, 0.6) is 0 Å². The van der Waals surface area contributed by atoms with Gasteiger partial charge in [-0.05, 0) is 5.59 Å². The Labute approximate surface area is 49.1 Å². The van der Waals surface area contributed by atoms with E-state index in [9.17, 15) is 12.9 Å². The number of hydrogen-bond acceptors (Lipinski definition) is 1. The highest BCUT2D eigenvalue weighted by Crippen LogP contribution is 2.05. The van der Waals surface area contributed by atoms with Crippen LogP contribution in [0.3, 0.4) is 0 Å². The van der Waals surface area contributed by atoms with Gasteiger partial charge in [-0.3, -0.25) is 0 Å². The zero-order chi connectivity index (χ0) is 6.91. The Hall–Kier alpha value is -0.935. The Morgan fingerprint density at radius 1 is 1.44 bits per heavy atom. The van der Waals surface area contributed by atoms with E-state index in [-0.39, 0.29) is 0 Å². The van der Waals surface area contributed by atoms with Crippen molar-refractivity contribution in [1.82, 2.24) is 10.2 Å². The number of aromatic amines is 1. The summed E-state index contributed by atoms with van der Waals surface area (Å²) in [7, 11) is 0. The zero-order valence-corrected chi connectivity index (χ0v) is 4.31. The lowest BCUT2D eigenvalue weighted by atomic mass is 9.87. The quantitative estimate of drug-likeness (QED) is 0.556. The lowest BCUT2D eigenvalue weighted by Crippen LogP contribution is -2.34. The molecule has 50 valence electrons. The van der Waals surface area contributed by atoms with Crippen LogP contribution in [0.25, 0.3) is 0 Å². The van der Waals surface area contributed by atoms with Gasteiger partial charge in [-0.1, -0.05) is 6.07 Å². The fourth-order valence-electron chi connectivity index (χ4n) is 0.449. The summed E-state index contributed by atoms with van der Waals surface area (Å²) < 4.78 is 34.8. The second-order valence-corrected chi connectivity index (χ2v) is 1.59. The number of aromatic nitrogens is 2. The van der Waals surface area contributed by atoms with E-state index in [0.29, 0.717) is 0 Å². The minimum absolute atomic E-state index is 0.755. The fourth-order valence-corrected chi connectivity index (χ4v) is 0.449. The predicted molar refractivity (Wildman–Crippen MR) is 27.3 cm³/mol. The maximum atomic E-state index is 11.6. The molecule has 1 N–H and O–H groups in total. The molecule has 0 unspecified atom stereocenters. The first kappa shape index (κ1) is 6.19. The monoisotopic (exact) mass is 135 g/mol.